The van der Waals surface area contributed by atoms with Crippen molar-refractivity contribution in [3.63, 3.8) is 0 Å². The lowest BCUT2D eigenvalue weighted by atomic mass is 9.49. The topological polar surface area (TPSA) is 346 Å². The van der Waals surface area contributed by atoms with Gasteiger partial charge in [0.2, 0.25) is 11.4 Å². The van der Waals surface area contributed by atoms with Crippen molar-refractivity contribution in [3.05, 3.63) is 63.6 Å². The number of ether oxygens (including phenoxy) is 13. The van der Waals surface area contributed by atoms with Gasteiger partial charge in [0, 0.05) is 56.3 Å². The molecule has 0 aromatic heterocycles. The predicted octanol–water partition coefficient (Wildman–Crippen LogP) is 4.86. The number of rotatable bonds is 14. The molecule has 0 aromatic rings. The molecule has 6 saturated heterocycles. The molecular formula is C67H98N2O24. The highest BCUT2D eigenvalue weighted by Gasteiger charge is 2.64. The number of alkyl carbamates (subject to hydrolysis) is 1. The largest absolute Gasteiger partial charge is 0.600 e. The fraction of sp³-hybridized carbons (Fsp3) is 0.776. The number of amides is 1. The summed E-state index contributed by atoms with van der Waals surface area (Å²) in [5, 5.41) is 71.7. The highest BCUT2D eigenvalue weighted by atomic mass is 16.8. The number of aliphatic hydroxyl groups excluding tert-OH is 4. The number of carbonyl (C=O) groups excluding carboxylic acids is 5. The molecule has 7 N–H and O–H groups in total. The number of aldehydes is 1. The Morgan fingerprint density at radius 3 is 2.01 bits per heavy atom. The van der Waals surface area contributed by atoms with E-state index in [9.17, 15) is 50.0 Å². The molecule has 0 aromatic carbocycles. The number of allylic oxidation sites excluding steroid dienone is 3. The number of Topliss-reactive ketones (excluding diaryl/α,β-unsaturated/α-hetero) is 1. The van der Waals surface area contributed by atoms with Gasteiger partial charge in [0.25, 0.3) is 0 Å². The van der Waals surface area contributed by atoms with Gasteiger partial charge in [0.05, 0.1) is 86.6 Å². The second-order valence-electron chi connectivity index (χ2n) is 28.3. The molecule has 4 aliphatic carbocycles. The highest BCUT2D eigenvalue weighted by Crippen LogP contribution is 2.61. The number of quaternary nitrogens is 1. The number of methoxy groups -OCH3 is 1. The van der Waals surface area contributed by atoms with Crippen LogP contribution in [-0.2, 0) is 80.8 Å². The first-order valence-corrected chi connectivity index (χ1v) is 33.2. The molecule has 10 aliphatic rings. The molecule has 30 unspecified atom stereocenters. The summed E-state index contributed by atoms with van der Waals surface area (Å²) in [4.78, 5) is 68.1. The minimum absolute atomic E-state index is 0.00628. The van der Waals surface area contributed by atoms with Gasteiger partial charge in [-0.2, -0.15) is 0 Å². The van der Waals surface area contributed by atoms with Crippen LogP contribution in [0.3, 0.4) is 0 Å². The normalized spacial score (nSPS) is 46.7. The maximum Gasteiger partial charge on any atom is 0.407 e. The summed E-state index contributed by atoms with van der Waals surface area (Å²) in [5.74, 6) is -6.46. The van der Waals surface area contributed by atoms with E-state index in [1.807, 2.05) is 39.8 Å². The maximum absolute atomic E-state index is 15.6. The van der Waals surface area contributed by atoms with E-state index in [-0.39, 0.29) is 49.5 Å². The first-order valence-electron chi connectivity index (χ1n) is 33.2. The van der Waals surface area contributed by atoms with Crippen LogP contribution in [0.25, 0.3) is 0 Å². The Morgan fingerprint density at radius 1 is 0.720 bits per heavy atom. The smallest absolute Gasteiger partial charge is 0.407 e. The molecule has 6 heterocycles. The third kappa shape index (κ3) is 14.1. The van der Waals surface area contributed by atoms with E-state index in [0.717, 1.165) is 5.57 Å². The summed E-state index contributed by atoms with van der Waals surface area (Å²) in [6.07, 6.45) is -3.50. The first kappa shape index (κ1) is 71.2. The molecule has 1 saturated carbocycles. The zero-order valence-corrected chi connectivity index (χ0v) is 55.5. The molecule has 30 atom stereocenters. The number of ketones is 1. The number of fused-ring (bicyclic) bond motifs is 4. The Bertz CT molecular complexity index is 2900. The number of carbonyl (C=O) groups is 5. The number of hydroxylamine groups is 2. The van der Waals surface area contributed by atoms with Gasteiger partial charge >= 0.3 is 18.0 Å². The Balaban J connectivity index is 0.905. The summed E-state index contributed by atoms with van der Waals surface area (Å²) < 4.78 is 81.6. The van der Waals surface area contributed by atoms with E-state index < -0.39 is 204 Å². The molecule has 0 radical (unpaired) electrons. The van der Waals surface area contributed by atoms with E-state index in [0.29, 0.717) is 44.0 Å². The highest BCUT2D eigenvalue weighted by molar-refractivity contribution is 6.27. The standard InChI is InChI=1S/C67H98N2O24/c1-30-14-18-47(88-54-28-65(11,69(79)80)60(38(9)86-54)68-64(78)81-13)31(2)23-43-45(73)24-40(29-70)27-67(43)62(76)55(63(77)93-67)61(75)66(12)42(30)16-15-41-56(66)32(3)22-33(4)57(41)92-53-26-49(59(37(8)85-53)87-39(10)71)90-50-21-19-48(35(6)83-50)89-52-25-46(74)58(36(7)84-52)91-51-20-17-44(72)34(5)82-51/h14-16,23,27,29,32-38,41-54,56-60,69,72-75,79H,17-22,24-26,28H2,1-13H3,(H,68,78). The molecular weight excluding hydrogens is 1220 g/mol. The van der Waals surface area contributed by atoms with E-state index in [2.05, 4.69) is 25.2 Å². The fourth-order valence-corrected chi connectivity index (χ4v) is 16.9. The molecule has 7 fully saturated rings. The SMILES string of the molecule is COC(=O)NC1C(C)OC(OC2CC=C(C)C3C=CC4C(OC5CC(OC6CCC(OC7CC(O)C(OC8CCC(O)C(C)O8)C(C)O7)C(C)O6)C(OC(C)=O)C(C)O5)C(C)CC(C)C4C3(C)C(O)=C3C(=O)OC4(C=C(C=O)CC(O)C4C=C2C)C3=O)CC1(C)[NH+]([O-])O. The summed E-state index contributed by atoms with van der Waals surface area (Å²) in [7, 11) is 1.17. The monoisotopic (exact) mass is 1310 g/mol. The van der Waals surface area contributed by atoms with Crippen molar-refractivity contribution < 1.29 is 116 Å². The van der Waals surface area contributed by atoms with Crippen LogP contribution < -0.4 is 10.5 Å². The third-order valence-electron chi connectivity index (χ3n) is 21.8. The van der Waals surface area contributed by atoms with E-state index in [4.69, 9.17) is 61.6 Å². The third-order valence-corrected chi connectivity index (χ3v) is 21.8. The molecule has 520 valence electrons. The lowest BCUT2D eigenvalue weighted by Gasteiger charge is -2.56. The number of hydrogen-bond acceptors (Lipinski definition) is 24. The Labute approximate surface area is 543 Å². The summed E-state index contributed by atoms with van der Waals surface area (Å²) in [5.41, 5.74) is -4.76. The van der Waals surface area contributed by atoms with Gasteiger partial charge in [0.1, 0.15) is 35.9 Å². The number of aliphatic hydroxyl groups is 4. The van der Waals surface area contributed by atoms with E-state index in [1.54, 1.807) is 33.8 Å². The van der Waals surface area contributed by atoms with Crippen LogP contribution in [-0.4, -0.2) is 197 Å². The zero-order valence-electron chi connectivity index (χ0n) is 55.5. The fourth-order valence-electron chi connectivity index (χ4n) is 16.9. The van der Waals surface area contributed by atoms with Crippen molar-refractivity contribution in [2.45, 2.75) is 281 Å². The average molecular weight is 1320 g/mol. The summed E-state index contributed by atoms with van der Waals surface area (Å²) >= 11 is 0. The lowest BCUT2D eigenvalue weighted by molar-refractivity contribution is -1.09. The van der Waals surface area contributed by atoms with Gasteiger partial charge in [-0.15, -0.1) is 0 Å². The molecule has 26 nitrogen and oxygen atoms in total. The number of esters is 2. The Kier molecular flexibility index (Phi) is 21.8. The molecule has 6 aliphatic heterocycles. The van der Waals surface area contributed by atoms with Crippen molar-refractivity contribution in [1.29, 1.82) is 0 Å². The lowest BCUT2D eigenvalue weighted by Crippen LogP contribution is -3.17. The zero-order chi connectivity index (χ0) is 67.5. The molecule has 10 rings (SSSR count). The molecule has 1 spiro atoms. The van der Waals surface area contributed by atoms with Crippen LogP contribution in [0.15, 0.2) is 58.4 Å². The van der Waals surface area contributed by atoms with Gasteiger partial charge in [-0.25, -0.2) is 20.0 Å². The predicted molar refractivity (Wildman–Crippen MR) is 324 cm³/mol. The summed E-state index contributed by atoms with van der Waals surface area (Å²) in [6, 6.07) is -1.02. The molecule has 93 heavy (non-hydrogen) atoms. The van der Waals surface area contributed by atoms with Gasteiger partial charge in [-0.05, 0) is 116 Å². The molecule has 26 heteroatoms. The minimum Gasteiger partial charge on any atom is -0.600 e. The van der Waals surface area contributed by atoms with Crippen molar-refractivity contribution in [2.24, 2.45) is 40.9 Å². The second-order valence-corrected chi connectivity index (χ2v) is 28.3. The number of nitrogens with one attached hydrogen (secondary N) is 2. The van der Waals surface area contributed by atoms with E-state index in [1.165, 1.54) is 27.0 Å². The Morgan fingerprint density at radius 2 is 1.35 bits per heavy atom. The first-order chi connectivity index (χ1) is 43.9. The second kappa shape index (κ2) is 28.5. The Hall–Kier alpha value is -4.59. The average Bonchev–Trinajstić information content (AvgIpc) is 1.68. The molecule has 1 amide bonds. The molecule has 2 bridgehead atoms. The summed E-state index contributed by atoms with van der Waals surface area (Å²) in [6.45, 7) is 21.2. The van der Waals surface area contributed by atoms with Crippen LogP contribution >= 0.6 is 0 Å². The van der Waals surface area contributed by atoms with Crippen LogP contribution in [0.5, 0.6) is 0 Å². The number of hydrogen-bond donors (Lipinski definition) is 7. The quantitative estimate of drug-likeness (QED) is 0.0305. The van der Waals surface area contributed by atoms with Crippen LogP contribution in [0.1, 0.15) is 147 Å². The van der Waals surface area contributed by atoms with Gasteiger partial charge < -0.3 is 92.5 Å². The van der Waals surface area contributed by atoms with E-state index >= 15 is 4.79 Å². The van der Waals surface area contributed by atoms with Crippen molar-refractivity contribution >= 4 is 30.1 Å². The van der Waals surface area contributed by atoms with Crippen molar-refractivity contribution in [3.8, 4) is 0 Å². The van der Waals surface area contributed by atoms with Crippen LogP contribution in [0.4, 0.5) is 4.79 Å². The maximum atomic E-state index is 15.6. The van der Waals surface area contributed by atoms with Gasteiger partial charge in [-0.1, -0.05) is 50.6 Å². The minimum atomic E-state index is -2.28. The van der Waals surface area contributed by atoms with Crippen LogP contribution in [0.2, 0.25) is 0 Å². The van der Waals surface area contributed by atoms with Crippen molar-refractivity contribution in [2.75, 3.05) is 7.11 Å². The van der Waals surface area contributed by atoms with Gasteiger partial charge in [0.15, 0.2) is 43.1 Å². The van der Waals surface area contributed by atoms with Crippen molar-refractivity contribution in [1.82, 2.24) is 5.32 Å². The van der Waals surface area contributed by atoms with Gasteiger partial charge in [-0.3, -0.25) is 14.4 Å². The van der Waals surface area contributed by atoms with Crippen LogP contribution in [0, 0.1) is 46.1 Å².